The minimum absolute atomic E-state index is 0.122. The number of furan rings is 1. The third-order valence-corrected chi connectivity index (χ3v) is 2.51. The van der Waals surface area contributed by atoms with Crippen molar-refractivity contribution in [2.75, 3.05) is 0 Å². The van der Waals surface area contributed by atoms with Gasteiger partial charge in [-0.2, -0.15) is 0 Å². The van der Waals surface area contributed by atoms with E-state index in [9.17, 15) is 4.79 Å². The Kier molecular flexibility index (Phi) is 4.47. The topological polar surface area (TPSA) is 83.6 Å². The van der Waals surface area contributed by atoms with Crippen LogP contribution in [0.2, 0.25) is 0 Å². The van der Waals surface area contributed by atoms with E-state index in [2.05, 4.69) is 4.98 Å². The van der Waals surface area contributed by atoms with Crippen LogP contribution in [-0.2, 0) is 6.61 Å². The molecule has 2 heterocycles. The molecular formula is C15H13NO4. The van der Waals surface area contributed by atoms with E-state index >= 15 is 0 Å². The van der Waals surface area contributed by atoms with Crippen LogP contribution in [0.15, 0.2) is 47.0 Å². The molecule has 102 valence electrons. The summed E-state index contributed by atoms with van der Waals surface area (Å²) in [6, 6.07) is 6.59. The first-order valence-electron chi connectivity index (χ1n) is 5.92. The quantitative estimate of drug-likeness (QED) is 0.816. The van der Waals surface area contributed by atoms with Crippen molar-refractivity contribution in [2.45, 2.75) is 6.61 Å². The molecule has 0 spiro atoms. The van der Waals surface area contributed by atoms with Crippen molar-refractivity contribution in [2.24, 2.45) is 0 Å². The van der Waals surface area contributed by atoms with Crippen molar-refractivity contribution < 1.29 is 19.4 Å². The summed E-state index contributed by atoms with van der Waals surface area (Å²) in [4.78, 5) is 14.7. The van der Waals surface area contributed by atoms with Gasteiger partial charge in [0.15, 0.2) is 0 Å². The number of carboxylic acids is 1. The number of aliphatic hydroxyl groups is 1. The number of allylic oxidation sites excluding steroid dienone is 2. The fourth-order valence-corrected chi connectivity index (χ4v) is 1.50. The summed E-state index contributed by atoms with van der Waals surface area (Å²) in [5.74, 6) is 0.165. The number of carboxylic acid groups (broad SMARTS) is 1. The second-order valence-corrected chi connectivity index (χ2v) is 3.96. The molecule has 2 aromatic heterocycles. The maximum Gasteiger partial charge on any atom is 0.337 e. The monoisotopic (exact) mass is 271 g/mol. The van der Waals surface area contributed by atoms with Crippen molar-refractivity contribution in [3.05, 3.63) is 65.4 Å². The Balaban J connectivity index is 1.97. The smallest absolute Gasteiger partial charge is 0.337 e. The van der Waals surface area contributed by atoms with Crippen LogP contribution >= 0.6 is 0 Å². The lowest BCUT2D eigenvalue weighted by Crippen LogP contribution is -1.96. The molecule has 0 radical (unpaired) electrons. The van der Waals surface area contributed by atoms with Gasteiger partial charge in [0.25, 0.3) is 0 Å². The van der Waals surface area contributed by atoms with Crippen molar-refractivity contribution in [3.63, 3.8) is 0 Å². The molecule has 5 heteroatoms. The molecule has 20 heavy (non-hydrogen) atoms. The zero-order valence-corrected chi connectivity index (χ0v) is 10.6. The number of aliphatic hydroxyl groups excluding tert-OH is 1. The van der Waals surface area contributed by atoms with Gasteiger partial charge in [-0.15, -0.1) is 0 Å². The number of pyridine rings is 1. The molecule has 0 fully saturated rings. The molecule has 0 atom stereocenters. The van der Waals surface area contributed by atoms with Gasteiger partial charge in [0.1, 0.15) is 18.1 Å². The summed E-state index contributed by atoms with van der Waals surface area (Å²) in [6.45, 7) is -0.122. The number of aromatic carboxylic acids is 1. The maximum atomic E-state index is 10.7. The third-order valence-electron chi connectivity index (χ3n) is 2.51. The molecular weight excluding hydrogens is 258 g/mol. The molecule has 5 nitrogen and oxygen atoms in total. The van der Waals surface area contributed by atoms with Gasteiger partial charge in [-0.3, -0.25) is 4.98 Å². The van der Waals surface area contributed by atoms with Crippen LogP contribution in [-0.4, -0.2) is 21.2 Å². The van der Waals surface area contributed by atoms with Crippen molar-refractivity contribution in [1.82, 2.24) is 4.98 Å². The van der Waals surface area contributed by atoms with Gasteiger partial charge >= 0.3 is 5.97 Å². The Morgan fingerprint density at radius 2 is 2.00 bits per heavy atom. The average molecular weight is 271 g/mol. The zero-order chi connectivity index (χ0) is 14.4. The van der Waals surface area contributed by atoms with E-state index in [1.807, 2.05) is 0 Å². The predicted octanol–water partition coefficient (Wildman–Crippen LogP) is 2.59. The van der Waals surface area contributed by atoms with E-state index in [-0.39, 0.29) is 12.2 Å². The first-order chi connectivity index (χ1) is 9.69. The van der Waals surface area contributed by atoms with Gasteiger partial charge < -0.3 is 14.6 Å². The van der Waals surface area contributed by atoms with Crippen LogP contribution < -0.4 is 0 Å². The largest absolute Gasteiger partial charge is 0.478 e. The van der Waals surface area contributed by atoms with Crippen LogP contribution in [0, 0.1) is 0 Å². The molecule has 2 rings (SSSR count). The molecule has 0 aromatic carbocycles. The lowest BCUT2D eigenvalue weighted by Gasteiger charge is -1.94. The highest BCUT2D eigenvalue weighted by Gasteiger charge is 2.00. The van der Waals surface area contributed by atoms with Crippen molar-refractivity contribution in [1.29, 1.82) is 0 Å². The number of hydrogen-bond acceptors (Lipinski definition) is 4. The number of carbonyl (C=O) groups is 1. The summed E-state index contributed by atoms with van der Waals surface area (Å²) in [5.41, 5.74) is 0.819. The van der Waals surface area contributed by atoms with Crippen molar-refractivity contribution >= 4 is 18.1 Å². The van der Waals surface area contributed by atoms with E-state index in [0.29, 0.717) is 17.2 Å². The Labute approximate surface area is 115 Å². The van der Waals surface area contributed by atoms with E-state index in [0.717, 1.165) is 0 Å². The highest BCUT2D eigenvalue weighted by Crippen LogP contribution is 2.09. The van der Waals surface area contributed by atoms with Gasteiger partial charge in [-0.25, -0.2) is 4.79 Å². The fourth-order valence-electron chi connectivity index (χ4n) is 1.50. The van der Waals surface area contributed by atoms with Gasteiger partial charge in [0.2, 0.25) is 0 Å². The third kappa shape index (κ3) is 3.66. The summed E-state index contributed by atoms with van der Waals surface area (Å²) >= 11 is 0. The lowest BCUT2D eigenvalue weighted by molar-refractivity contribution is 0.0696. The zero-order valence-electron chi connectivity index (χ0n) is 10.6. The number of hydrogen-bond donors (Lipinski definition) is 2. The van der Waals surface area contributed by atoms with Crippen molar-refractivity contribution in [3.8, 4) is 0 Å². The molecule has 0 amide bonds. The lowest BCUT2D eigenvalue weighted by atomic mass is 10.2. The molecule has 0 unspecified atom stereocenters. The maximum absolute atomic E-state index is 10.7. The van der Waals surface area contributed by atoms with Crippen LogP contribution in [0.1, 0.15) is 27.6 Å². The second-order valence-electron chi connectivity index (χ2n) is 3.96. The van der Waals surface area contributed by atoms with Gasteiger partial charge in [0.05, 0.1) is 11.3 Å². The molecule has 0 bridgehead atoms. The highest BCUT2D eigenvalue weighted by molar-refractivity contribution is 5.87. The van der Waals surface area contributed by atoms with Gasteiger partial charge in [0, 0.05) is 6.20 Å². The summed E-state index contributed by atoms with van der Waals surface area (Å²) in [6.07, 6.45) is 8.35. The second kappa shape index (κ2) is 6.49. The SMILES string of the molecule is O=C(O)c1ccc(/C=C/C=C/c2ccc(CO)o2)nc1. The van der Waals surface area contributed by atoms with Crippen LogP contribution in [0.3, 0.4) is 0 Å². The first kappa shape index (κ1) is 13.8. The average Bonchev–Trinajstić information content (AvgIpc) is 2.92. The Morgan fingerprint density at radius 1 is 1.20 bits per heavy atom. The first-order valence-corrected chi connectivity index (χ1v) is 5.92. The normalized spacial score (nSPS) is 11.4. The van der Waals surface area contributed by atoms with E-state index < -0.39 is 5.97 Å². The number of nitrogens with zero attached hydrogens (tertiary/aromatic N) is 1. The Hall–Kier alpha value is -2.66. The van der Waals surface area contributed by atoms with Crippen LogP contribution in [0.5, 0.6) is 0 Å². The minimum atomic E-state index is -0.995. The summed E-state index contributed by atoms with van der Waals surface area (Å²) < 4.78 is 5.28. The summed E-state index contributed by atoms with van der Waals surface area (Å²) in [5, 5.41) is 17.6. The van der Waals surface area contributed by atoms with Gasteiger partial charge in [-0.05, 0) is 36.4 Å². The Bertz CT molecular complexity index is 638. The fraction of sp³-hybridized carbons (Fsp3) is 0.0667. The number of rotatable bonds is 5. The predicted molar refractivity (Wildman–Crippen MR) is 73.9 cm³/mol. The molecule has 2 N–H and O–H groups in total. The molecule has 0 aliphatic carbocycles. The van der Waals surface area contributed by atoms with Crippen LogP contribution in [0.4, 0.5) is 0 Å². The molecule has 0 aliphatic heterocycles. The standard InChI is InChI=1S/C15H13NO4/c17-10-14-8-7-13(20-14)4-2-1-3-12-6-5-11(9-16-12)15(18)19/h1-9,17H,10H2,(H,18,19)/b3-1+,4-2+. The Morgan fingerprint density at radius 3 is 2.60 bits per heavy atom. The molecule has 0 saturated heterocycles. The van der Waals surface area contributed by atoms with E-state index in [1.165, 1.54) is 12.3 Å². The van der Waals surface area contributed by atoms with Crippen LogP contribution in [0.25, 0.3) is 12.2 Å². The van der Waals surface area contributed by atoms with E-state index in [1.54, 1.807) is 42.5 Å². The molecule has 0 aliphatic rings. The summed E-state index contributed by atoms with van der Waals surface area (Å²) in [7, 11) is 0. The minimum Gasteiger partial charge on any atom is -0.478 e. The van der Waals surface area contributed by atoms with E-state index in [4.69, 9.17) is 14.6 Å². The highest BCUT2D eigenvalue weighted by atomic mass is 16.4. The molecule has 2 aromatic rings. The number of aromatic nitrogens is 1. The van der Waals surface area contributed by atoms with Gasteiger partial charge in [-0.1, -0.05) is 12.2 Å². The molecule has 0 saturated carbocycles.